The molecule has 1 aromatic rings. The van der Waals surface area contributed by atoms with Crippen LogP contribution in [0.3, 0.4) is 0 Å². The van der Waals surface area contributed by atoms with E-state index in [0.29, 0.717) is 6.54 Å². The van der Waals surface area contributed by atoms with E-state index >= 15 is 0 Å². The largest absolute Gasteiger partial charge is 0.491 e. The van der Waals surface area contributed by atoms with Crippen LogP contribution in [0, 0.1) is 0 Å². The number of rotatable bonds is 7. The van der Waals surface area contributed by atoms with Gasteiger partial charge in [-0.25, -0.2) is 0 Å². The predicted octanol–water partition coefficient (Wildman–Crippen LogP) is 2.24. The Balaban J connectivity index is 2.52. The number of hydrogen-bond acceptors (Lipinski definition) is 3. The van der Waals surface area contributed by atoms with E-state index in [-0.39, 0.29) is 0 Å². The molecule has 0 fully saturated rings. The Morgan fingerprint density at radius 3 is 2.87 bits per heavy atom. The lowest BCUT2D eigenvalue weighted by Gasteiger charge is -2.12. The number of nitrogens with two attached hydrogens (primary N) is 1. The van der Waals surface area contributed by atoms with Gasteiger partial charge in [0.1, 0.15) is 5.75 Å². The van der Waals surface area contributed by atoms with E-state index < -0.39 is 0 Å². The highest BCUT2D eigenvalue weighted by Gasteiger charge is 2.00. The molecule has 0 aliphatic heterocycles. The molecule has 84 valence electrons. The summed E-state index contributed by atoms with van der Waals surface area (Å²) in [5, 5.41) is 3.32. The van der Waals surface area contributed by atoms with Gasteiger partial charge in [0.2, 0.25) is 0 Å². The summed E-state index contributed by atoms with van der Waals surface area (Å²) < 4.78 is 5.62. The van der Waals surface area contributed by atoms with Gasteiger partial charge >= 0.3 is 0 Å². The second-order valence-electron chi connectivity index (χ2n) is 3.41. The molecule has 1 aromatic carbocycles. The second-order valence-corrected chi connectivity index (χ2v) is 3.41. The average Bonchev–Trinajstić information content (AvgIpc) is 2.28. The standard InChI is InChI=1S/C12H20N2O/c1-2-10-15-12-7-4-3-6-11(12)14-9-5-8-13/h3-4,6-7,14H,2,5,8-10,13H2,1H3. The van der Waals surface area contributed by atoms with E-state index in [4.69, 9.17) is 10.5 Å². The lowest BCUT2D eigenvalue weighted by atomic mass is 10.3. The number of nitrogens with one attached hydrogen (secondary N) is 1. The van der Waals surface area contributed by atoms with E-state index in [9.17, 15) is 0 Å². The highest BCUT2D eigenvalue weighted by atomic mass is 16.5. The third-order valence-electron chi connectivity index (χ3n) is 2.05. The Bertz CT molecular complexity index is 276. The van der Waals surface area contributed by atoms with E-state index in [1.54, 1.807) is 0 Å². The summed E-state index contributed by atoms with van der Waals surface area (Å²) in [5.74, 6) is 0.927. The molecule has 0 radical (unpaired) electrons. The van der Waals surface area contributed by atoms with Crippen LogP contribution in [0.1, 0.15) is 19.8 Å². The molecule has 3 nitrogen and oxygen atoms in total. The second kappa shape index (κ2) is 7.12. The van der Waals surface area contributed by atoms with Crippen LogP contribution in [0.15, 0.2) is 24.3 Å². The quantitative estimate of drug-likeness (QED) is 0.675. The van der Waals surface area contributed by atoms with Crippen molar-refractivity contribution < 1.29 is 4.74 Å². The first-order chi connectivity index (χ1) is 7.38. The van der Waals surface area contributed by atoms with Crippen LogP contribution in [-0.4, -0.2) is 19.7 Å². The van der Waals surface area contributed by atoms with Crippen molar-refractivity contribution in [3.8, 4) is 5.75 Å². The van der Waals surface area contributed by atoms with Gasteiger partial charge in [-0.05, 0) is 31.5 Å². The maximum Gasteiger partial charge on any atom is 0.142 e. The van der Waals surface area contributed by atoms with E-state index in [1.807, 2.05) is 24.3 Å². The third-order valence-corrected chi connectivity index (χ3v) is 2.05. The summed E-state index contributed by atoms with van der Waals surface area (Å²) >= 11 is 0. The highest BCUT2D eigenvalue weighted by Crippen LogP contribution is 2.23. The van der Waals surface area contributed by atoms with Gasteiger partial charge < -0.3 is 15.8 Å². The zero-order chi connectivity index (χ0) is 10.9. The Labute approximate surface area is 91.6 Å². The van der Waals surface area contributed by atoms with Crippen LogP contribution in [0.2, 0.25) is 0 Å². The smallest absolute Gasteiger partial charge is 0.142 e. The fourth-order valence-electron chi connectivity index (χ4n) is 1.28. The van der Waals surface area contributed by atoms with Crippen LogP contribution >= 0.6 is 0 Å². The summed E-state index contributed by atoms with van der Waals surface area (Å²) in [6.45, 7) is 4.47. The number of benzene rings is 1. The normalized spacial score (nSPS) is 10.0. The van der Waals surface area contributed by atoms with Crippen LogP contribution < -0.4 is 15.8 Å². The molecule has 0 bridgehead atoms. The molecule has 0 saturated heterocycles. The topological polar surface area (TPSA) is 47.3 Å². The van der Waals surface area contributed by atoms with Crippen molar-refractivity contribution in [1.82, 2.24) is 0 Å². The highest BCUT2D eigenvalue weighted by molar-refractivity contribution is 5.56. The van der Waals surface area contributed by atoms with Gasteiger partial charge in [0, 0.05) is 6.54 Å². The fraction of sp³-hybridized carbons (Fsp3) is 0.500. The van der Waals surface area contributed by atoms with Gasteiger partial charge in [0.05, 0.1) is 12.3 Å². The molecule has 0 aromatic heterocycles. The van der Waals surface area contributed by atoms with Crippen molar-refractivity contribution in [2.24, 2.45) is 5.73 Å². The molecule has 0 spiro atoms. The molecule has 15 heavy (non-hydrogen) atoms. The minimum atomic E-state index is 0.713. The Hall–Kier alpha value is -1.22. The van der Waals surface area contributed by atoms with Crippen molar-refractivity contribution in [3.05, 3.63) is 24.3 Å². The minimum Gasteiger partial charge on any atom is -0.491 e. The summed E-state index contributed by atoms with van der Waals surface area (Å²) in [5.41, 5.74) is 6.49. The Morgan fingerprint density at radius 1 is 1.33 bits per heavy atom. The van der Waals surface area contributed by atoms with Crippen LogP contribution in [-0.2, 0) is 0 Å². The number of ether oxygens (including phenoxy) is 1. The first-order valence-corrected chi connectivity index (χ1v) is 5.54. The third kappa shape index (κ3) is 4.21. The minimum absolute atomic E-state index is 0.713. The van der Waals surface area contributed by atoms with Gasteiger partial charge in [0.25, 0.3) is 0 Å². The predicted molar refractivity (Wildman–Crippen MR) is 64.4 cm³/mol. The molecule has 3 N–H and O–H groups in total. The average molecular weight is 208 g/mol. The van der Waals surface area contributed by atoms with Crippen molar-refractivity contribution >= 4 is 5.69 Å². The van der Waals surface area contributed by atoms with Gasteiger partial charge in [-0.3, -0.25) is 0 Å². The molecule has 3 heteroatoms. The molecule has 0 saturated carbocycles. The zero-order valence-electron chi connectivity index (χ0n) is 9.33. The number of hydrogen-bond donors (Lipinski definition) is 2. The lowest BCUT2D eigenvalue weighted by Crippen LogP contribution is -2.09. The molecule has 0 aliphatic rings. The Kier molecular flexibility index (Phi) is 5.63. The van der Waals surface area contributed by atoms with Gasteiger partial charge in [-0.1, -0.05) is 19.1 Å². The summed E-state index contributed by atoms with van der Waals surface area (Å²) in [6.07, 6.45) is 2.00. The van der Waals surface area contributed by atoms with E-state index in [2.05, 4.69) is 12.2 Å². The van der Waals surface area contributed by atoms with E-state index in [0.717, 1.165) is 37.4 Å². The number of para-hydroxylation sites is 2. The van der Waals surface area contributed by atoms with Crippen LogP contribution in [0.4, 0.5) is 5.69 Å². The molecule has 1 rings (SSSR count). The number of anilines is 1. The van der Waals surface area contributed by atoms with E-state index in [1.165, 1.54) is 0 Å². The molecule has 0 atom stereocenters. The van der Waals surface area contributed by atoms with Crippen molar-refractivity contribution in [2.45, 2.75) is 19.8 Å². The molecule has 0 heterocycles. The summed E-state index contributed by atoms with van der Waals surface area (Å²) in [6, 6.07) is 8.00. The monoisotopic (exact) mass is 208 g/mol. The SMILES string of the molecule is CCCOc1ccccc1NCCCN. The summed E-state index contributed by atoms with van der Waals surface area (Å²) in [7, 11) is 0. The first kappa shape index (κ1) is 11.9. The van der Waals surface area contributed by atoms with Gasteiger partial charge in [-0.15, -0.1) is 0 Å². The summed E-state index contributed by atoms with van der Waals surface area (Å²) in [4.78, 5) is 0. The maximum absolute atomic E-state index is 5.62. The molecule has 0 aliphatic carbocycles. The van der Waals surface area contributed by atoms with Crippen molar-refractivity contribution in [1.29, 1.82) is 0 Å². The van der Waals surface area contributed by atoms with Gasteiger partial charge in [-0.2, -0.15) is 0 Å². The van der Waals surface area contributed by atoms with Crippen molar-refractivity contribution in [2.75, 3.05) is 25.0 Å². The Morgan fingerprint density at radius 2 is 2.13 bits per heavy atom. The van der Waals surface area contributed by atoms with Crippen molar-refractivity contribution in [3.63, 3.8) is 0 Å². The molecule has 0 amide bonds. The first-order valence-electron chi connectivity index (χ1n) is 5.54. The van der Waals surface area contributed by atoms with Gasteiger partial charge in [0.15, 0.2) is 0 Å². The molecule has 0 unspecified atom stereocenters. The zero-order valence-corrected chi connectivity index (χ0v) is 9.33. The van der Waals surface area contributed by atoms with Crippen LogP contribution in [0.5, 0.6) is 5.75 Å². The molecular formula is C12H20N2O. The maximum atomic E-state index is 5.62. The lowest BCUT2D eigenvalue weighted by molar-refractivity contribution is 0.319. The van der Waals surface area contributed by atoms with Crippen LogP contribution in [0.25, 0.3) is 0 Å². The fourth-order valence-corrected chi connectivity index (χ4v) is 1.28. The molecular weight excluding hydrogens is 188 g/mol.